The molecule has 8 nitrogen and oxygen atoms in total. The number of hydrogen-bond acceptors (Lipinski definition) is 6. The van der Waals surface area contributed by atoms with E-state index in [1.807, 2.05) is 12.1 Å². The lowest BCUT2D eigenvalue weighted by Crippen LogP contribution is -2.22. The molecule has 2 aromatic carbocycles. The topological polar surface area (TPSA) is 95.2 Å². The van der Waals surface area contributed by atoms with Gasteiger partial charge in [-0.25, -0.2) is 0 Å². The highest BCUT2D eigenvalue weighted by Gasteiger charge is 2.19. The Balaban J connectivity index is 1.44. The SMILES string of the molecule is Cc1cc(CCN2CCCC2)c(C)c2c1[nH]c1nc3nnc(Cc4ccc(O)cc4)n3nc12. The highest BCUT2D eigenvalue weighted by molar-refractivity contribution is 6.07. The van der Waals surface area contributed by atoms with Crippen molar-refractivity contribution in [1.82, 2.24) is 34.7 Å². The van der Waals surface area contributed by atoms with Crippen molar-refractivity contribution in [3.05, 3.63) is 58.4 Å². The maximum atomic E-state index is 9.56. The monoisotopic (exact) mass is 441 g/mol. The lowest BCUT2D eigenvalue weighted by Gasteiger charge is -2.16. The highest BCUT2D eigenvalue weighted by Crippen LogP contribution is 2.31. The number of fused-ring (bicyclic) bond motifs is 4. The van der Waals surface area contributed by atoms with Gasteiger partial charge in [0, 0.05) is 18.4 Å². The Morgan fingerprint density at radius 2 is 1.85 bits per heavy atom. The number of aryl methyl sites for hydroxylation is 2. The molecule has 0 saturated carbocycles. The molecule has 5 aromatic rings. The summed E-state index contributed by atoms with van der Waals surface area (Å²) in [6.45, 7) is 7.89. The maximum absolute atomic E-state index is 9.56. The minimum absolute atomic E-state index is 0.247. The minimum Gasteiger partial charge on any atom is -0.508 e. The Morgan fingerprint density at radius 1 is 1.06 bits per heavy atom. The molecule has 33 heavy (non-hydrogen) atoms. The van der Waals surface area contributed by atoms with Crippen molar-refractivity contribution < 1.29 is 5.11 Å². The average Bonchev–Trinajstić information content (AvgIpc) is 3.54. The highest BCUT2D eigenvalue weighted by atomic mass is 16.3. The lowest BCUT2D eigenvalue weighted by atomic mass is 9.98. The summed E-state index contributed by atoms with van der Waals surface area (Å²) in [5.41, 5.74) is 7.57. The Hall–Kier alpha value is -3.52. The third kappa shape index (κ3) is 3.51. The molecule has 1 aliphatic rings. The first-order chi connectivity index (χ1) is 16.1. The number of benzene rings is 2. The van der Waals surface area contributed by atoms with E-state index < -0.39 is 0 Å². The first-order valence-electron chi connectivity index (χ1n) is 11.6. The van der Waals surface area contributed by atoms with Crippen molar-refractivity contribution in [1.29, 1.82) is 0 Å². The van der Waals surface area contributed by atoms with Gasteiger partial charge in [0.1, 0.15) is 11.3 Å². The van der Waals surface area contributed by atoms with Crippen LogP contribution in [0.3, 0.4) is 0 Å². The first-order valence-corrected chi connectivity index (χ1v) is 11.6. The van der Waals surface area contributed by atoms with Crippen LogP contribution in [-0.4, -0.2) is 59.4 Å². The zero-order valence-corrected chi connectivity index (χ0v) is 19.0. The number of likely N-dealkylation sites (tertiary alicyclic amines) is 1. The third-order valence-corrected chi connectivity index (χ3v) is 6.89. The normalized spacial score (nSPS) is 14.8. The molecule has 0 amide bonds. The van der Waals surface area contributed by atoms with Gasteiger partial charge in [-0.1, -0.05) is 18.2 Å². The van der Waals surface area contributed by atoms with Crippen LogP contribution in [0.1, 0.15) is 40.9 Å². The van der Waals surface area contributed by atoms with Crippen LogP contribution in [0.15, 0.2) is 30.3 Å². The minimum atomic E-state index is 0.247. The number of H-pyrrole nitrogens is 1. The molecule has 0 atom stereocenters. The Bertz CT molecular complexity index is 1480. The van der Waals surface area contributed by atoms with E-state index in [0.29, 0.717) is 12.2 Å². The molecule has 3 aromatic heterocycles. The standard InChI is InChI=1S/C25H27N7O/c1-15-13-18(9-12-31-10-3-4-11-31)16(2)21-22(15)26-24-23(21)30-32-20(28-29-25(32)27-24)14-17-5-7-19(33)8-6-17/h5-8,13,33H,3-4,9-12,14H2,1-2H3,(H,26,27,29). The molecule has 6 rings (SSSR count). The van der Waals surface area contributed by atoms with Gasteiger partial charge < -0.3 is 15.0 Å². The number of hydrogen-bond donors (Lipinski definition) is 2. The molecule has 0 unspecified atom stereocenters. The van der Waals surface area contributed by atoms with Gasteiger partial charge in [-0.05, 0) is 80.6 Å². The number of nitrogens with one attached hydrogen (secondary N) is 1. The van der Waals surface area contributed by atoms with Crippen LogP contribution in [0.25, 0.3) is 27.8 Å². The fraction of sp³-hybridized carbons (Fsp3) is 0.360. The summed E-state index contributed by atoms with van der Waals surface area (Å²) in [7, 11) is 0. The molecule has 168 valence electrons. The van der Waals surface area contributed by atoms with Crippen LogP contribution in [-0.2, 0) is 12.8 Å². The fourth-order valence-corrected chi connectivity index (χ4v) is 5.04. The molecule has 2 N–H and O–H groups in total. The number of aromatic nitrogens is 6. The molecule has 0 aliphatic carbocycles. The van der Waals surface area contributed by atoms with E-state index in [9.17, 15) is 5.11 Å². The summed E-state index contributed by atoms with van der Waals surface area (Å²) in [5, 5.41) is 24.2. The van der Waals surface area contributed by atoms with Crippen molar-refractivity contribution in [2.75, 3.05) is 19.6 Å². The van der Waals surface area contributed by atoms with E-state index in [1.165, 1.54) is 42.6 Å². The van der Waals surface area contributed by atoms with Crippen LogP contribution in [0.5, 0.6) is 5.75 Å². The van der Waals surface area contributed by atoms with Crippen molar-refractivity contribution in [3.63, 3.8) is 0 Å². The molecule has 1 saturated heterocycles. The van der Waals surface area contributed by atoms with Crippen LogP contribution < -0.4 is 0 Å². The van der Waals surface area contributed by atoms with Gasteiger partial charge >= 0.3 is 0 Å². The molecule has 1 fully saturated rings. The predicted octanol–water partition coefficient (Wildman–Crippen LogP) is 3.71. The van der Waals surface area contributed by atoms with Crippen molar-refractivity contribution in [2.45, 2.75) is 39.5 Å². The Morgan fingerprint density at radius 3 is 2.64 bits per heavy atom. The second-order valence-corrected chi connectivity index (χ2v) is 9.13. The smallest absolute Gasteiger partial charge is 0.273 e. The second-order valence-electron chi connectivity index (χ2n) is 9.13. The molecule has 0 radical (unpaired) electrons. The summed E-state index contributed by atoms with van der Waals surface area (Å²) in [4.78, 5) is 10.8. The van der Waals surface area contributed by atoms with E-state index >= 15 is 0 Å². The summed E-state index contributed by atoms with van der Waals surface area (Å²) in [5.74, 6) is 1.45. The zero-order valence-electron chi connectivity index (χ0n) is 19.0. The van der Waals surface area contributed by atoms with E-state index in [2.05, 4.69) is 40.0 Å². The van der Waals surface area contributed by atoms with Crippen LogP contribution >= 0.6 is 0 Å². The van der Waals surface area contributed by atoms with E-state index in [1.54, 1.807) is 16.6 Å². The summed E-state index contributed by atoms with van der Waals surface area (Å²) < 4.78 is 1.74. The second kappa shape index (κ2) is 7.81. The van der Waals surface area contributed by atoms with Crippen molar-refractivity contribution in [2.24, 2.45) is 0 Å². The zero-order chi connectivity index (χ0) is 22.5. The molecular weight excluding hydrogens is 414 g/mol. The lowest BCUT2D eigenvalue weighted by molar-refractivity contribution is 0.343. The van der Waals surface area contributed by atoms with Gasteiger partial charge in [0.15, 0.2) is 11.5 Å². The molecule has 0 spiro atoms. The van der Waals surface area contributed by atoms with Crippen LogP contribution in [0.4, 0.5) is 0 Å². The van der Waals surface area contributed by atoms with Gasteiger partial charge in [0.2, 0.25) is 0 Å². The van der Waals surface area contributed by atoms with Gasteiger partial charge in [0.05, 0.1) is 5.52 Å². The first kappa shape index (κ1) is 20.1. The summed E-state index contributed by atoms with van der Waals surface area (Å²) >= 11 is 0. The molecular formula is C25H27N7O. The van der Waals surface area contributed by atoms with Gasteiger partial charge in [0.25, 0.3) is 5.78 Å². The summed E-state index contributed by atoms with van der Waals surface area (Å²) in [6.07, 6.45) is 4.24. The van der Waals surface area contributed by atoms with E-state index in [-0.39, 0.29) is 5.75 Å². The van der Waals surface area contributed by atoms with Crippen molar-refractivity contribution >= 4 is 27.8 Å². The number of rotatable bonds is 5. The maximum Gasteiger partial charge on any atom is 0.273 e. The quantitative estimate of drug-likeness (QED) is 0.432. The number of aromatic amines is 1. The molecule has 1 aliphatic heterocycles. The number of nitrogens with zero attached hydrogens (tertiary/aromatic N) is 6. The third-order valence-electron chi connectivity index (χ3n) is 6.89. The number of phenols is 1. The van der Waals surface area contributed by atoms with Crippen molar-refractivity contribution in [3.8, 4) is 5.75 Å². The van der Waals surface area contributed by atoms with Crippen LogP contribution in [0, 0.1) is 13.8 Å². The van der Waals surface area contributed by atoms with Gasteiger partial charge in [-0.15, -0.1) is 10.2 Å². The molecule has 0 bridgehead atoms. The Kier molecular flexibility index (Phi) is 4.76. The van der Waals surface area contributed by atoms with E-state index in [0.717, 1.165) is 46.4 Å². The molecule has 8 heteroatoms. The Labute approximate surface area is 191 Å². The number of aromatic hydroxyl groups is 1. The predicted molar refractivity (Wildman–Crippen MR) is 128 cm³/mol. The van der Waals surface area contributed by atoms with Gasteiger partial charge in [-0.2, -0.15) is 14.6 Å². The fourth-order valence-electron chi connectivity index (χ4n) is 5.04. The summed E-state index contributed by atoms with van der Waals surface area (Å²) in [6, 6.07) is 9.43. The van der Waals surface area contributed by atoms with E-state index in [4.69, 9.17) is 10.1 Å². The molecule has 4 heterocycles. The largest absolute Gasteiger partial charge is 0.508 e. The van der Waals surface area contributed by atoms with Gasteiger partial charge in [-0.3, -0.25) is 0 Å². The number of phenolic OH excluding ortho intramolecular Hbond substituents is 1. The van der Waals surface area contributed by atoms with Crippen LogP contribution in [0.2, 0.25) is 0 Å². The average molecular weight is 442 g/mol.